The van der Waals surface area contributed by atoms with Gasteiger partial charge in [0.2, 0.25) is 0 Å². The monoisotopic (exact) mass is 332 g/mol. The second-order valence-electron chi connectivity index (χ2n) is 4.34. The van der Waals surface area contributed by atoms with Crippen molar-refractivity contribution in [2.45, 2.75) is 0 Å². The number of rotatable bonds is 3. The number of anilines is 1. The number of hydrogen-bond acceptors (Lipinski definition) is 5. The van der Waals surface area contributed by atoms with E-state index in [0.717, 1.165) is 11.3 Å². The number of carbonyl (C=O) groups is 2. The quantitative estimate of drug-likeness (QED) is 0.770. The van der Waals surface area contributed by atoms with Gasteiger partial charge in [0, 0.05) is 23.0 Å². The third-order valence-corrected chi connectivity index (χ3v) is 4.25. The van der Waals surface area contributed by atoms with Crippen LogP contribution in [0.3, 0.4) is 0 Å². The van der Waals surface area contributed by atoms with Crippen molar-refractivity contribution in [2.75, 3.05) is 5.32 Å². The Kier molecular flexibility index (Phi) is 3.74. The van der Waals surface area contributed by atoms with Crippen LogP contribution in [0.4, 0.5) is 5.69 Å². The smallest absolute Gasteiger partial charge is 0.261 e. The molecule has 0 fully saturated rings. The first-order valence-electron chi connectivity index (χ1n) is 6.16. The van der Waals surface area contributed by atoms with Gasteiger partial charge in [-0.1, -0.05) is 11.6 Å². The maximum atomic E-state index is 12.3. The van der Waals surface area contributed by atoms with E-state index in [4.69, 9.17) is 17.3 Å². The molecular weight excluding hydrogens is 324 g/mol. The standard InChI is InChI=1S/C14H9ClN4O2S/c15-8-3-1-7(2-4-8)13(21)19-9-10-14(18-6-5-17-10)22-11(9)12(16)20/h1-6H,(H2,16,20)(H,19,21). The molecule has 0 atom stereocenters. The molecule has 0 aliphatic rings. The van der Waals surface area contributed by atoms with Crippen molar-refractivity contribution in [3.05, 3.63) is 52.1 Å². The number of nitrogens with two attached hydrogens (primary N) is 1. The van der Waals surface area contributed by atoms with Crippen LogP contribution in [0.2, 0.25) is 5.02 Å². The Morgan fingerprint density at radius 1 is 1.14 bits per heavy atom. The number of amides is 2. The molecule has 3 N–H and O–H groups in total. The summed E-state index contributed by atoms with van der Waals surface area (Å²) < 4.78 is 0. The third kappa shape index (κ3) is 2.63. The molecule has 1 aromatic carbocycles. The van der Waals surface area contributed by atoms with Crippen LogP contribution in [0.25, 0.3) is 10.3 Å². The van der Waals surface area contributed by atoms with E-state index in [0.29, 0.717) is 20.9 Å². The molecule has 0 saturated carbocycles. The summed E-state index contributed by atoms with van der Waals surface area (Å²) in [7, 11) is 0. The Morgan fingerprint density at radius 3 is 2.50 bits per heavy atom. The minimum Gasteiger partial charge on any atom is -0.365 e. The van der Waals surface area contributed by atoms with Gasteiger partial charge in [0.15, 0.2) is 0 Å². The van der Waals surface area contributed by atoms with Crippen molar-refractivity contribution in [3.8, 4) is 0 Å². The van der Waals surface area contributed by atoms with E-state index in [2.05, 4.69) is 15.3 Å². The normalized spacial score (nSPS) is 10.6. The zero-order chi connectivity index (χ0) is 15.7. The highest BCUT2D eigenvalue weighted by Crippen LogP contribution is 2.33. The first-order chi connectivity index (χ1) is 10.6. The third-order valence-electron chi connectivity index (χ3n) is 2.90. The van der Waals surface area contributed by atoms with E-state index in [1.54, 1.807) is 24.3 Å². The molecule has 0 unspecified atom stereocenters. The van der Waals surface area contributed by atoms with E-state index < -0.39 is 5.91 Å². The SMILES string of the molecule is NC(=O)c1sc2nccnc2c1NC(=O)c1ccc(Cl)cc1. The molecule has 6 nitrogen and oxygen atoms in total. The zero-order valence-corrected chi connectivity index (χ0v) is 12.6. The van der Waals surface area contributed by atoms with Crippen LogP contribution < -0.4 is 11.1 Å². The average molecular weight is 333 g/mol. The number of fused-ring (bicyclic) bond motifs is 1. The fourth-order valence-electron chi connectivity index (χ4n) is 1.90. The molecule has 2 aromatic heterocycles. The lowest BCUT2D eigenvalue weighted by Gasteiger charge is -2.05. The average Bonchev–Trinajstić information content (AvgIpc) is 2.87. The Morgan fingerprint density at radius 2 is 1.82 bits per heavy atom. The topological polar surface area (TPSA) is 98.0 Å². The molecule has 0 bridgehead atoms. The number of thiophene rings is 1. The van der Waals surface area contributed by atoms with Gasteiger partial charge in [-0.05, 0) is 24.3 Å². The van der Waals surface area contributed by atoms with Gasteiger partial charge in [0.25, 0.3) is 11.8 Å². The first kappa shape index (κ1) is 14.4. The van der Waals surface area contributed by atoms with E-state index in [9.17, 15) is 9.59 Å². The van der Waals surface area contributed by atoms with Crippen molar-refractivity contribution in [2.24, 2.45) is 5.73 Å². The maximum Gasteiger partial charge on any atom is 0.261 e. The summed E-state index contributed by atoms with van der Waals surface area (Å²) in [6.07, 6.45) is 2.99. The van der Waals surface area contributed by atoms with Gasteiger partial charge in [-0.3, -0.25) is 9.59 Å². The molecule has 2 heterocycles. The number of halogens is 1. The second kappa shape index (κ2) is 5.70. The fraction of sp³-hybridized carbons (Fsp3) is 0. The lowest BCUT2D eigenvalue weighted by molar-refractivity contribution is 0.100. The number of hydrogen-bond donors (Lipinski definition) is 2. The number of carbonyl (C=O) groups excluding carboxylic acids is 2. The molecule has 0 radical (unpaired) electrons. The molecule has 22 heavy (non-hydrogen) atoms. The second-order valence-corrected chi connectivity index (χ2v) is 5.78. The van der Waals surface area contributed by atoms with Crippen LogP contribution in [0.15, 0.2) is 36.7 Å². The molecule has 0 saturated heterocycles. The van der Waals surface area contributed by atoms with E-state index >= 15 is 0 Å². The van der Waals surface area contributed by atoms with Gasteiger partial charge in [-0.2, -0.15) is 0 Å². The summed E-state index contributed by atoms with van der Waals surface area (Å²) in [4.78, 5) is 32.9. The van der Waals surface area contributed by atoms with Gasteiger partial charge < -0.3 is 11.1 Å². The van der Waals surface area contributed by atoms with Crippen LogP contribution in [0, 0.1) is 0 Å². The highest BCUT2D eigenvalue weighted by atomic mass is 35.5. The summed E-state index contributed by atoms with van der Waals surface area (Å²) in [5, 5.41) is 3.20. The summed E-state index contributed by atoms with van der Waals surface area (Å²) >= 11 is 6.88. The van der Waals surface area contributed by atoms with Crippen molar-refractivity contribution in [1.82, 2.24) is 9.97 Å². The lowest BCUT2D eigenvalue weighted by atomic mass is 10.2. The van der Waals surface area contributed by atoms with E-state index in [-0.39, 0.29) is 16.5 Å². The van der Waals surface area contributed by atoms with E-state index in [1.807, 2.05) is 0 Å². The zero-order valence-electron chi connectivity index (χ0n) is 11.0. The molecule has 2 amide bonds. The summed E-state index contributed by atoms with van der Waals surface area (Å²) in [6, 6.07) is 6.39. The Labute approximate surface area is 133 Å². The highest BCUT2D eigenvalue weighted by Gasteiger charge is 2.20. The molecule has 3 rings (SSSR count). The van der Waals surface area contributed by atoms with Crippen molar-refractivity contribution in [1.29, 1.82) is 0 Å². The first-order valence-corrected chi connectivity index (χ1v) is 7.36. The Bertz CT molecular complexity index is 876. The van der Waals surface area contributed by atoms with Crippen molar-refractivity contribution >= 4 is 50.8 Å². The molecular formula is C14H9ClN4O2S. The van der Waals surface area contributed by atoms with Gasteiger partial charge in [0.1, 0.15) is 15.2 Å². The summed E-state index contributed by atoms with van der Waals surface area (Å²) in [5.41, 5.74) is 6.48. The number of benzene rings is 1. The van der Waals surface area contributed by atoms with Gasteiger partial charge >= 0.3 is 0 Å². The van der Waals surface area contributed by atoms with Crippen LogP contribution >= 0.6 is 22.9 Å². The fourth-order valence-corrected chi connectivity index (χ4v) is 2.94. The van der Waals surface area contributed by atoms with Gasteiger partial charge in [0.05, 0.1) is 5.69 Å². The van der Waals surface area contributed by atoms with Gasteiger partial charge in [-0.25, -0.2) is 9.97 Å². The van der Waals surface area contributed by atoms with Crippen LogP contribution in [0.5, 0.6) is 0 Å². The van der Waals surface area contributed by atoms with E-state index in [1.165, 1.54) is 12.4 Å². The number of primary amides is 1. The molecule has 8 heteroatoms. The highest BCUT2D eigenvalue weighted by molar-refractivity contribution is 7.21. The molecule has 3 aromatic rings. The Hall–Kier alpha value is -2.51. The minimum absolute atomic E-state index is 0.212. The Balaban J connectivity index is 2.02. The summed E-state index contributed by atoms with van der Waals surface area (Å²) in [6.45, 7) is 0. The number of aromatic nitrogens is 2. The minimum atomic E-state index is -0.642. The van der Waals surface area contributed by atoms with Crippen LogP contribution in [0.1, 0.15) is 20.0 Å². The van der Waals surface area contributed by atoms with Crippen molar-refractivity contribution < 1.29 is 9.59 Å². The molecule has 0 aliphatic heterocycles. The summed E-state index contributed by atoms with van der Waals surface area (Å²) in [5.74, 6) is -1.03. The van der Waals surface area contributed by atoms with Crippen molar-refractivity contribution in [3.63, 3.8) is 0 Å². The number of nitrogens with zero attached hydrogens (tertiary/aromatic N) is 2. The molecule has 0 aliphatic carbocycles. The number of nitrogens with one attached hydrogen (secondary N) is 1. The molecule has 110 valence electrons. The largest absolute Gasteiger partial charge is 0.365 e. The lowest BCUT2D eigenvalue weighted by Crippen LogP contribution is -2.16. The predicted molar refractivity (Wildman–Crippen MR) is 85.3 cm³/mol. The predicted octanol–water partition coefficient (Wildman–Crippen LogP) is 2.70. The molecule has 0 spiro atoms. The van der Waals surface area contributed by atoms with Gasteiger partial charge in [-0.15, -0.1) is 11.3 Å². The maximum absolute atomic E-state index is 12.3. The van der Waals surface area contributed by atoms with Crippen LogP contribution in [-0.2, 0) is 0 Å². The van der Waals surface area contributed by atoms with Crippen LogP contribution in [-0.4, -0.2) is 21.8 Å².